The standard InChI is InChI=1S/C28H28F6N4O2/c1-17-7-5-6-8-21(17)23-22(16-35-25(36-23)38-9-11-40-12-10-38)37(4)24(39)26(2,3)18-13-19(27(29,30)31)15-20(14-18)28(32,33)34/h5-8,13-16H,9-12H2,1-4H3. The second-order valence-corrected chi connectivity index (χ2v) is 10.1. The molecule has 6 nitrogen and oxygen atoms in total. The van der Waals surface area contributed by atoms with Crippen molar-refractivity contribution in [3.05, 3.63) is 70.9 Å². The zero-order valence-corrected chi connectivity index (χ0v) is 22.3. The van der Waals surface area contributed by atoms with Gasteiger partial charge in [-0.15, -0.1) is 0 Å². The lowest BCUT2D eigenvalue weighted by Gasteiger charge is -2.32. The topological polar surface area (TPSA) is 58.6 Å². The number of morpholine rings is 1. The number of ether oxygens (including phenoxy) is 1. The van der Waals surface area contributed by atoms with Crippen molar-refractivity contribution in [3.63, 3.8) is 0 Å². The minimum Gasteiger partial charge on any atom is -0.378 e. The van der Waals surface area contributed by atoms with Gasteiger partial charge in [0.2, 0.25) is 11.9 Å². The Balaban J connectivity index is 1.80. The van der Waals surface area contributed by atoms with Crippen LogP contribution in [0, 0.1) is 6.92 Å². The summed E-state index contributed by atoms with van der Waals surface area (Å²) in [5, 5.41) is 0. The third-order valence-corrected chi connectivity index (χ3v) is 6.96. The number of hydrogen-bond donors (Lipinski definition) is 0. The number of hydrogen-bond acceptors (Lipinski definition) is 5. The molecule has 1 aliphatic rings. The van der Waals surface area contributed by atoms with Crippen molar-refractivity contribution < 1.29 is 35.9 Å². The van der Waals surface area contributed by atoms with E-state index in [0.717, 1.165) is 5.56 Å². The number of rotatable bonds is 5. The van der Waals surface area contributed by atoms with Gasteiger partial charge in [0, 0.05) is 25.7 Å². The van der Waals surface area contributed by atoms with Crippen molar-refractivity contribution >= 4 is 17.5 Å². The van der Waals surface area contributed by atoms with Crippen LogP contribution in [0.15, 0.2) is 48.7 Å². The van der Waals surface area contributed by atoms with Gasteiger partial charge >= 0.3 is 12.4 Å². The smallest absolute Gasteiger partial charge is 0.378 e. The van der Waals surface area contributed by atoms with Gasteiger partial charge in [-0.3, -0.25) is 4.79 Å². The molecule has 0 N–H and O–H groups in total. The normalized spacial score (nSPS) is 14.8. The predicted molar refractivity (Wildman–Crippen MR) is 138 cm³/mol. The van der Waals surface area contributed by atoms with Gasteiger partial charge in [-0.2, -0.15) is 26.3 Å². The third-order valence-electron chi connectivity index (χ3n) is 6.96. The average molecular weight is 567 g/mol. The number of anilines is 2. The van der Waals surface area contributed by atoms with Gasteiger partial charge in [-0.25, -0.2) is 9.97 Å². The number of nitrogens with zero attached hydrogens (tertiary/aromatic N) is 4. The summed E-state index contributed by atoms with van der Waals surface area (Å²) < 4.78 is 86.6. The molecule has 0 bridgehead atoms. The number of benzene rings is 2. The van der Waals surface area contributed by atoms with E-state index in [2.05, 4.69) is 4.98 Å². The lowest BCUT2D eigenvalue weighted by atomic mass is 9.81. The molecule has 1 fully saturated rings. The number of aromatic nitrogens is 2. The molecule has 1 aliphatic heterocycles. The van der Waals surface area contributed by atoms with Gasteiger partial charge in [0.05, 0.1) is 47.3 Å². The van der Waals surface area contributed by atoms with Gasteiger partial charge in [0.25, 0.3) is 0 Å². The zero-order valence-electron chi connectivity index (χ0n) is 22.3. The van der Waals surface area contributed by atoms with Gasteiger partial charge < -0.3 is 14.5 Å². The van der Waals surface area contributed by atoms with Crippen molar-refractivity contribution in [2.45, 2.75) is 38.5 Å². The number of aryl methyl sites for hydroxylation is 1. The van der Waals surface area contributed by atoms with Gasteiger partial charge in [-0.1, -0.05) is 24.3 Å². The van der Waals surface area contributed by atoms with Crippen molar-refractivity contribution in [3.8, 4) is 11.3 Å². The average Bonchev–Trinajstić information content (AvgIpc) is 2.91. The lowest BCUT2D eigenvalue weighted by Crippen LogP contribution is -2.42. The van der Waals surface area contributed by atoms with Crippen LogP contribution in [0.5, 0.6) is 0 Å². The monoisotopic (exact) mass is 566 g/mol. The van der Waals surface area contributed by atoms with E-state index in [-0.39, 0.29) is 11.8 Å². The second kappa shape index (κ2) is 10.7. The Morgan fingerprint density at radius 3 is 2.02 bits per heavy atom. The van der Waals surface area contributed by atoms with E-state index in [9.17, 15) is 31.1 Å². The van der Waals surface area contributed by atoms with Crippen LogP contribution in [-0.2, 0) is 27.3 Å². The second-order valence-electron chi connectivity index (χ2n) is 10.1. The van der Waals surface area contributed by atoms with E-state index < -0.39 is 40.4 Å². The fourth-order valence-electron chi connectivity index (χ4n) is 4.53. The first-order valence-corrected chi connectivity index (χ1v) is 12.4. The molecule has 3 aromatic rings. The van der Waals surface area contributed by atoms with Crippen LogP contribution in [0.3, 0.4) is 0 Å². The van der Waals surface area contributed by atoms with E-state index in [1.807, 2.05) is 30.0 Å². The summed E-state index contributed by atoms with van der Waals surface area (Å²) in [7, 11) is 1.40. The van der Waals surface area contributed by atoms with Gasteiger partial charge in [0.1, 0.15) is 0 Å². The third kappa shape index (κ3) is 5.91. The summed E-state index contributed by atoms with van der Waals surface area (Å²) >= 11 is 0. The minimum atomic E-state index is -5.04. The fraction of sp³-hybridized carbons (Fsp3) is 0.393. The first-order chi connectivity index (χ1) is 18.6. The fourth-order valence-corrected chi connectivity index (χ4v) is 4.53. The van der Waals surface area contributed by atoms with Crippen LogP contribution in [0.4, 0.5) is 38.0 Å². The van der Waals surface area contributed by atoms with Crippen molar-refractivity contribution in [1.29, 1.82) is 0 Å². The summed E-state index contributed by atoms with van der Waals surface area (Å²) in [6.45, 7) is 6.55. The molecule has 214 valence electrons. The minimum absolute atomic E-state index is 0.0439. The molecule has 2 aromatic carbocycles. The molecule has 0 unspecified atom stereocenters. The van der Waals surface area contributed by atoms with E-state index in [4.69, 9.17) is 9.72 Å². The van der Waals surface area contributed by atoms with Crippen LogP contribution < -0.4 is 9.80 Å². The number of carbonyl (C=O) groups is 1. The SMILES string of the molecule is Cc1ccccc1-c1nc(N2CCOCC2)ncc1N(C)C(=O)C(C)(C)c1cc(C(F)(F)F)cc(C(F)(F)F)c1. The molecule has 1 aromatic heterocycles. The molecule has 0 atom stereocenters. The molecule has 1 saturated heterocycles. The maximum Gasteiger partial charge on any atom is 0.416 e. The molecule has 2 heterocycles. The summed E-state index contributed by atoms with van der Waals surface area (Å²) in [5.74, 6) is -0.324. The van der Waals surface area contributed by atoms with Crippen molar-refractivity contribution in [1.82, 2.24) is 9.97 Å². The highest BCUT2D eigenvalue weighted by Gasteiger charge is 2.41. The van der Waals surface area contributed by atoms with E-state index in [1.54, 1.807) is 6.07 Å². The number of alkyl halides is 6. The zero-order chi connectivity index (χ0) is 29.5. The number of halogens is 6. The van der Waals surface area contributed by atoms with Crippen LogP contribution in [0.25, 0.3) is 11.3 Å². The molecule has 0 spiro atoms. The number of amides is 1. The Morgan fingerprint density at radius 2 is 1.48 bits per heavy atom. The molecule has 4 rings (SSSR count). The first kappa shape index (κ1) is 29.3. The molecule has 1 amide bonds. The maximum atomic E-state index is 13.8. The Hall–Kier alpha value is -3.67. The highest BCUT2D eigenvalue weighted by Crippen LogP contribution is 2.40. The summed E-state index contributed by atoms with van der Waals surface area (Å²) in [4.78, 5) is 26.1. The van der Waals surface area contributed by atoms with E-state index >= 15 is 0 Å². The van der Waals surface area contributed by atoms with E-state index in [1.165, 1.54) is 32.0 Å². The van der Waals surface area contributed by atoms with Crippen molar-refractivity contribution in [2.75, 3.05) is 43.2 Å². The summed E-state index contributed by atoms with van der Waals surface area (Å²) in [5.41, 5.74) is -2.96. The molecule has 0 saturated carbocycles. The van der Waals surface area contributed by atoms with Crippen molar-refractivity contribution in [2.24, 2.45) is 0 Å². The highest BCUT2D eigenvalue weighted by atomic mass is 19.4. The number of likely N-dealkylation sites (N-methyl/N-ethyl adjacent to an activating group) is 1. The highest BCUT2D eigenvalue weighted by molar-refractivity contribution is 6.02. The Kier molecular flexibility index (Phi) is 7.85. The molecular formula is C28H28F6N4O2. The Bertz CT molecular complexity index is 1370. The maximum absolute atomic E-state index is 13.8. The van der Waals surface area contributed by atoms with Gasteiger partial charge in [0.15, 0.2) is 0 Å². The number of carbonyl (C=O) groups excluding carboxylic acids is 1. The van der Waals surface area contributed by atoms with Crippen LogP contribution in [0.1, 0.15) is 36.1 Å². The Morgan fingerprint density at radius 1 is 0.925 bits per heavy atom. The molecule has 0 aliphatic carbocycles. The molecular weight excluding hydrogens is 538 g/mol. The summed E-state index contributed by atoms with van der Waals surface area (Å²) in [6, 6.07) is 8.53. The molecule has 0 radical (unpaired) electrons. The first-order valence-electron chi connectivity index (χ1n) is 12.4. The van der Waals surface area contributed by atoms with Crippen LogP contribution in [0.2, 0.25) is 0 Å². The quantitative estimate of drug-likeness (QED) is 0.341. The van der Waals surface area contributed by atoms with Crippen LogP contribution in [-0.4, -0.2) is 49.2 Å². The largest absolute Gasteiger partial charge is 0.416 e. The predicted octanol–water partition coefficient (Wildman–Crippen LogP) is 6.27. The summed E-state index contributed by atoms with van der Waals surface area (Å²) in [6.07, 6.45) is -8.63. The van der Waals surface area contributed by atoms with Gasteiger partial charge in [-0.05, 0) is 50.1 Å². The lowest BCUT2D eigenvalue weighted by molar-refractivity contribution is -0.143. The molecule has 12 heteroatoms. The Labute approximate surface area is 227 Å². The molecule has 40 heavy (non-hydrogen) atoms. The van der Waals surface area contributed by atoms with E-state index in [0.29, 0.717) is 55.6 Å². The van der Waals surface area contributed by atoms with Crippen LogP contribution >= 0.6 is 0 Å².